The average molecular weight is 729 g/mol. The van der Waals surface area contributed by atoms with Gasteiger partial charge in [-0.3, -0.25) is 4.79 Å². The minimum absolute atomic E-state index is 0.235. The number of nitrogens with zero attached hydrogens (tertiary/aromatic N) is 3. The van der Waals surface area contributed by atoms with E-state index >= 15 is 0 Å². The van der Waals surface area contributed by atoms with Crippen LogP contribution in [0.3, 0.4) is 0 Å². The molecule has 0 atom stereocenters. The highest BCUT2D eigenvalue weighted by Gasteiger charge is 2.17. The molecule has 0 fully saturated rings. The van der Waals surface area contributed by atoms with Gasteiger partial charge in [0.2, 0.25) is 0 Å². The molecule has 0 spiro atoms. The summed E-state index contributed by atoms with van der Waals surface area (Å²) in [5.41, 5.74) is 2.12. The van der Waals surface area contributed by atoms with Crippen LogP contribution >= 0.6 is 63.7 Å². The van der Waals surface area contributed by atoms with Crippen molar-refractivity contribution in [2.45, 2.75) is 20.0 Å². The monoisotopic (exact) mass is 725 g/mol. The van der Waals surface area contributed by atoms with Crippen molar-refractivity contribution in [1.29, 1.82) is 0 Å². The summed E-state index contributed by atoms with van der Waals surface area (Å²) in [4.78, 5) is 17.8. The molecule has 4 aromatic rings. The quantitative estimate of drug-likeness (QED) is 0.185. The van der Waals surface area contributed by atoms with Gasteiger partial charge in [0.15, 0.2) is 11.5 Å². The van der Waals surface area contributed by atoms with Crippen LogP contribution in [-0.4, -0.2) is 23.0 Å². The van der Waals surface area contributed by atoms with Crippen molar-refractivity contribution in [3.63, 3.8) is 0 Å². The second-order valence-electron chi connectivity index (χ2n) is 7.44. The van der Waals surface area contributed by atoms with Crippen molar-refractivity contribution in [2.75, 3.05) is 7.11 Å². The van der Waals surface area contributed by atoms with Crippen molar-refractivity contribution >= 4 is 80.8 Å². The van der Waals surface area contributed by atoms with Crippen LogP contribution in [0.4, 0.5) is 0 Å². The van der Waals surface area contributed by atoms with Gasteiger partial charge in [0.1, 0.15) is 12.4 Å². The Morgan fingerprint density at radius 1 is 1.00 bits per heavy atom. The van der Waals surface area contributed by atoms with Crippen LogP contribution in [0.5, 0.6) is 11.5 Å². The lowest BCUT2D eigenvalue weighted by atomic mass is 10.2. The third-order valence-electron chi connectivity index (χ3n) is 5.18. The summed E-state index contributed by atoms with van der Waals surface area (Å²) in [6.07, 6.45) is 2.15. The molecule has 1 heterocycles. The topological polar surface area (TPSA) is 65.7 Å². The molecule has 10 heteroatoms. The molecule has 1 aromatic heterocycles. The van der Waals surface area contributed by atoms with Gasteiger partial charge in [-0.25, -0.2) is 4.98 Å². The van der Waals surface area contributed by atoms with Gasteiger partial charge in [-0.15, -0.1) is 0 Å². The number of benzene rings is 3. The molecule has 0 aliphatic rings. The van der Waals surface area contributed by atoms with Gasteiger partial charge in [-0.05, 0) is 73.8 Å². The summed E-state index contributed by atoms with van der Waals surface area (Å²) in [5, 5.41) is 4.97. The first-order chi connectivity index (χ1) is 16.8. The number of ether oxygens (including phenoxy) is 2. The van der Waals surface area contributed by atoms with E-state index in [2.05, 4.69) is 73.8 Å². The van der Waals surface area contributed by atoms with Crippen molar-refractivity contribution in [3.8, 4) is 11.5 Å². The largest absolute Gasteiger partial charge is 0.493 e. The highest BCUT2D eigenvalue weighted by Crippen LogP contribution is 2.42. The lowest BCUT2D eigenvalue weighted by molar-refractivity contribution is 0.282. The molecule has 0 radical (unpaired) electrons. The van der Waals surface area contributed by atoms with E-state index in [4.69, 9.17) is 9.47 Å². The fraction of sp³-hybridized carbons (Fsp3) is 0.160. The van der Waals surface area contributed by atoms with Crippen molar-refractivity contribution < 1.29 is 9.47 Å². The molecule has 6 nitrogen and oxygen atoms in total. The van der Waals surface area contributed by atoms with E-state index in [1.165, 1.54) is 4.68 Å². The summed E-state index contributed by atoms with van der Waals surface area (Å²) in [5.74, 6) is 1.66. The third-order valence-corrected chi connectivity index (χ3v) is 8.34. The van der Waals surface area contributed by atoms with E-state index in [0.717, 1.165) is 19.0 Å². The Hall–Kier alpha value is -2.01. The maximum atomic E-state index is 13.2. The van der Waals surface area contributed by atoms with Crippen LogP contribution in [0.15, 0.2) is 76.3 Å². The molecule has 3 aromatic carbocycles. The molecule has 4 rings (SSSR count). The number of fused-ring (bicyclic) bond motifs is 1. The standard InChI is InChI=1S/C25H19Br4N3O3/c1-3-21-31-19-9-8-17(27)11-18(19)25(33)32(21)30-12-15-10-20(34-2)24(23(29)22(15)28)35-13-14-4-6-16(26)7-5-14/h4-12H,3,13H2,1-2H3. The fourth-order valence-electron chi connectivity index (χ4n) is 3.38. The number of aryl methyl sites for hydroxylation is 1. The maximum Gasteiger partial charge on any atom is 0.282 e. The van der Waals surface area contributed by atoms with E-state index in [1.54, 1.807) is 25.5 Å². The zero-order valence-electron chi connectivity index (χ0n) is 18.7. The minimum atomic E-state index is -0.235. The van der Waals surface area contributed by atoms with Gasteiger partial charge in [0.25, 0.3) is 5.56 Å². The number of halogens is 4. The Bertz CT molecular complexity index is 1480. The lowest BCUT2D eigenvalue weighted by Gasteiger charge is -2.15. The van der Waals surface area contributed by atoms with Crippen LogP contribution < -0.4 is 15.0 Å². The van der Waals surface area contributed by atoms with E-state index < -0.39 is 0 Å². The van der Waals surface area contributed by atoms with Gasteiger partial charge in [0, 0.05) is 25.4 Å². The molecule has 0 bridgehead atoms. The fourth-order valence-corrected chi connectivity index (χ4v) is 4.94. The molecule has 0 N–H and O–H groups in total. The smallest absolute Gasteiger partial charge is 0.282 e. The number of hydrogen-bond donors (Lipinski definition) is 0. The van der Waals surface area contributed by atoms with Crippen LogP contribution in [0.2, 0.25) is 0 Å². The van der Waals surface area contributed by atoms with Crippen LogP contribution in [0.1, 0.15) is 23.9 Å². The molecule has 0 saturated carbocycles. The van der Waals surface area contributed by atoms with Crippen LogP contribution in [-0.2, 0) is 13.0 Å². The third kappa shape index (κ3) is 5.71. The summed E-state index contributed by atoms with van der Waals surface area (Å²) in [6.45, 7) is 2.31. The molecular weight excluding hydrogens is 710 g/mol. The molecule has 0 aliphatic carbocycles. The average Bonchev–Trinajstić information content (AvgIpc) is 2.86. The minimum Gasteiger partial charge on any atom is -0.493 e. The first kappa shape index (κ1) is 26.1. The number of rotatable bonds is 7. The molecule has 0 saturated heterocycles. The van der Waals surface area contributed by atoms with Crippen LogP contribution in [0, 0.1) is 0 Å². The first-order valence-corrected chi connectivity index (χ1v) is 13.7. The van der Waals surface area contributed by atoms with E-state index in [9.17, 15) is 4.79 Å². The second-order valence-corrected chi connectivity index (χ2v) is 10.9. The SMILES string of the molecule is CCc1nc2ccc(Br)cc2c(=O)n1N=Cc1cc(OC)c(OCc2ccc(Br)cc2)c(Br)c1Br. The Kier molecular flexibility index (Phi) is 8.46. The highest BCUT2D eigenvalue weighted by molar-refractivity contribution is 9.13. The van der Waals surface area contributed by atoms with E-state index in [0.29, 0.717) is 51.3 Å². The second kappa shape index (κ2) is 11.4. The zero-order valence-corrected chi connectivity index (χ0v) is 25.0. The maximum absolute atomic E-state index is 13.2. The predicted octanol–water partition coefficient (Wildman–Crippen LogP) is 7.48. The molecular formula is C25H19Br4N3O3. The summed E-state index contributed by atoms with van der Waals surface area (Å²) >= 11 is 14.1. The van der Waals surface area contributed by atoms with E-state index in [1.807, 2.05) is 43.3 Å². The van der Waals surface area contributed by atoms with Crippen LogP contribution in [0.25, 0.3) is 10.9 Å². The highest BCUT2D eigenvalue weighted by atomic mass is 79.9. The normalized spacial score (nSPS) is 11.4. The van der Waals surface area contributed by atoms with E-state index in [-0.39, 0.29) is 5.56 Å². The molecule has 0 unspecified atom stereocenters. The van der Waals surface area contributed by atoms with Gasteiger partial charge in [-0.1, -0.05) is 50.9 Å². The Morgan fingerprint density at radius 2 is 1.71 bits per heavy atom. The summed E-state index contributed by atoms with van der Waals surface area (Å²) in [7, 11) is 1.58. The number of aromatic nitrogens is 2. The van der Waals surface area contributed by atoms with Crippen molar-refractivity contribution in [3.05, 3.63) is 93.7 Å². The number of methoxy groups -OCH3 is 1. The predicted molar refractivity (Wildman–Crippen MR) is 153 cm³/mol. The van der Waals surface area contributed by atoms with Gasteiger partial charge in [-0.2, -0.15) is 9.78 Å². The molecule has 0 aliphatic heterocycles. The first-order valence-electron chi connectivity index (χ1n) is 10.5. The summed E-state index contributed by atoms with van der Waals surface area (Å²) < 4.78 is 16.2. The van der Waals surface area contributed by atoms with Gasteiger partial charge in [0.05, 0.1) is 28.7 Å². The Labute approximate surface area is 235 Å². The lowest BCUT2D eigenvalue weighted by Crippen LogP contribution is -2.22. The molecule has 180 valence electrons. The van der Waals surface area contributed by atoms with Crippen molar-refractivity contribution in [2.24, 2.45) is 5.10 Å². The Balaban J connectivity index is 1.70. The molecule has 35 heavy (non-hydrogen) atoms. The zero-order chi connectivity index (χ0) is 25.1. The van der Waals surface area contributed by atoms with Gasteiger partial charge >= 0.3 is 0 Å². The Morgan fingerprint density at radius 3 is 2.40 bits per heavy atom. The van der Waals surface area contributed by atoms with Gasteiger partial charge < -0.3 is 9.47 Å². The summed E-state index contributed by atoms with van der Waals surface area (Å²) in [6, 6.07) is 15.1. The molecule has 0 amide bonds. The van der Waals surface area contributed by atoms with Crippen molar-refractivity contribution in [1.82, 2.24) is 9.66 Å². The number of hydrogen-bond acceptors (Lipinski definition) is 5.